The van der Waals surface area contributed by atoms with Gasteiger partial charge in [0.1, 0.15) is 0 Å². The Morgan fingerprint density at radius 2 is 1.84 bits per heavy atom. The Labute approximate surface area is 121 Å². The molecule has 1 aliphatic rings. The van der Waals surface area contributed by atoms with Crippen LogP contribution in [-0.2, 0) is 24.0 Å². The number of aryl methyl sites for hydroxylation is 2. The zero-order valence-electron chi connectivity index (χ0n) is 11.1. The minimum absolute atomic E-state index is 0.935. The second kappa shape index (κ2) is 5.23. The standard InChI is InChI=1S/C16H16OS2/c1-3-11-9-12(4-2)16-14(10-11)18-13-7-5-6-8-15(13)19(16)17/h5-10H,3-4H2,1-2H3. The Kier molecular flexibility index (Phi) is 3.61. The summed E-state index contributed by atoms with van der Waals surface area (Å²) in [6.45, 7) is 4.30. The van der Waals surface area contributed by atoms with Gasteiger partial charge in [-0.15, -0.1) is 0 Å². The van der Waals surface area contributed by atoms with Crippen molar-refractivity contribution in [1.82, 2.24) is 0 Å². The van der Waals surface area contributed by atoms with Gasteiger partial charge < -0.3 is 4.55 Å². The van der Waals surface area contributed by atoms with Crippen LogP contribution in [0, 0.1) is 0 Å². The molecule has 1 nitrogen and oxygen atoms in total. The van der Waals surface area contributed by atoms with E-state index in [9.17, 15) is 4.55 Å². The molecule has 0 aromatic heterocycles. The zero-order valence-corrected chi connectivity index (χ0v) is 12.7. The van der Waals surface area contributed by atoms with Crippen LogP contribution in [0.4, 0.5) is 0 Å². The van der Waals surface area contributed by atoms with E-state index in [1.54, 1.807) is 11.8 Å². The van der Waals surface area contributed by atoms with Crippen molar-refractivity contribution in [2.75, 3.05) is 0 Å². The van der Waals surface area contributed by atoms with E-state index in [1.807, 2.05) is 18.2 Å². The number of fused-ring (bicyclic) bond motifs is 2. The lowest BCUT2D eigenvalue weighted by molar-refractivity contribution is 0.588. The van der Waals surface area contributed by atoms with Gasteiger partial charge >= 0.3 is 0 Å². The molecule has 2 aromatic rings. The lowest BCUT2D eigenvalue weighted by Gasteiger charge is -2.23. The van der Waals surface area contributed by atoms with Crippen LogP contribution in [0.1, 0.15) is 25.0 Å². The van der Waals surface area contributed by atoms with E-state index in [0.29, 0.717) is 0 Å². The molecule has 0 saturated carbocycles. The van der Waals surface area contributed by atoms with E-state index in [1.165, 1.54) is 16.0 Å². The van der Waals surface area contributed by atoms with Crippen LogP contribution in [0.5, 0.6) is 0 Å². The number of rotatable bonds is 2. The fourth-order valence-corrected chi connectivity index (χ4v) is 5.44. The highest BCUT2D eigenvalue weighted by molar-refractivity contribution is 8.02. The lowest BCUT2D eigenvalue weighted by atomic mass is 10.1. The van der Waals surface area contributed by atoms with Crippen molar-refractivity contribution in [1.29, 1.82) is 0 Å². The Bertz CT molecular complexity index is 622. The predicted molar refractivity (Wildman–Crippen MR) is 80.4 cm³/mol. The van der Waals surface area contributed by atoms with Crippen LogP contribution in [0.15, 0.2) is 56.0 Å². The van der Waals surface area contributed by atoms with Gasteiger partial charge in [0.05, 0.1) is 9.79 Å². The van der Waals surface area contributed by atoms with Crippen LogP contribution in [0.25, 0.3) is 0 Å². The molecule has 0 radical (unpaired) electrons. The highest BCUT2D eigenvalue weighted by Crippen LogP contribution is 2.46. The van der Waals surface area contributed by atoms with E-state index in [-0.39, 0.29) is 0 Å². The molecule has 1 atom stereocenters. The summed E-state index contributed by atoms with van der Waals surface area (Å²) in [5, 5.41) is 0. The van der Waals surface area contributed by atoms with Crippen molar-refractivity contribution < 1.29 is 4.55 Å². The monoisotopic (exact) mass is 288 g/mol. The Morgan fingerprint density at radius 3 is 2.58 bits per heavy atom. The normalized spacial score (nSPS) is 16.9. The topological polar surface area (TPSA) is 23.1 Å². The summed E-state index contributed by atoms with van der Waals surface area (Å²) in [6.07, 6.45) is 1.96. The maximum absolute atomic E-state index is 12.8. The third kappa shape index (κ3) is 2.20. The van der Waals surface area contributed by atoms with Crippen molar-refractivity contribution in [2.45, 2.75) is 46.3 Å². The molecule has 19 heavy (non-hydrogen) atoms. The van der Waals surface area contributed by atoms with Crippen molar-refractivity contribution in [3.05, 3.63) is 47.5 Å². The zero-order chi connectivity index (χ0) is 13.4. The highest BCUT2D eigenvalue weighted by atomic mass is 32.2. The molecule has 0 amide bonds. The summed E-state index contributed by atoms with van der Waals surface area (Å²) < 4.78 is 12.8. The minimum Gasteiger partial charge on any atom is -0.606 e. The average molecular weight is 288 g/mol. The van der Waals surface area contributed by atoms with E-state index in [2.05, 4.69) is 32.0 Å². The molecule has 1 heterocycles. The van der Waals surface area contributed by atoms with E-state index in [0.717, 1.165) is 27.5 Å². The highest BCUT2D eigenvalue weighted by Gasteiger charge is 2.31. The van der Waals surface area contributed by atoms with E-state index in [4.69, 9.17) is 0 Å². The van der Waals surface area contributed by atoms with Crippen LogP contribution in [0.3, 0.4) is 0 Å². The summed E-state index contributed by atoms with van der Waals surface area (Å²) in [5.41, 5.74) is 2.56. The number of hydrogen-bond donors (Lipinski definition) is 0. The molecule has 0 saturated heterocycles. The second-order valence-corrected chi connectivity index (χ2v) is 7.08. The molecular formula is C16H16OS2. The first-order valence-electron chi connectivity index (χ1n) is 6.59. The van der Waals surface area contributed by atoms with Crippen molar-refractivity contribution >= 4 is 22.9 Å². The third-order valence-corrected chi connectivity index (χ3v) is 6.42. The van der Waals surface area contributed by atoms with Crippen LogP contribution in [0.2, 0.25) is 0 Å². The minimum atomic E-state index is -1.03. The van der Waals surface area contributed by atoms with Gasteiger partial charge in [-0.05, 0) is 36.6 Å². The molecule has 0 spiro atoms. The van der Waals surface area contributed by atoms with Gasteiger partial charge in [0.2, 0.25) is 0 Å². The molecule has 0 bridgehead atoms. The van der Waals surface area contributed by atoms with Gasteiger partial charge in [-0.25, -0.2) is 0 Å². The summed E-state index contributed by atoms with van der Waals surface area (Å²) >= 11 is 0.720. The molecule has 3 heteroatoms. The first-order valence-corrected chi connectivity index (χ1v) is 8.55. The van der Waals surface area contributed by atoms with Gasteiger partial charge in [0.25, 0.3) is 0 Å². The van der Waals surface area contributed by atoms with Crippen molar-refractivity contribution in [3.8, 4) is 0 Å². The molecule has 2 aromatic carbocycles. The van der Waals surface area contributed by atoms with Gasteiger partial charge in [-0.2, -0.15) is 0 Å². The molecule has 1 aliphatic heterocycles. The maximum atomic E-state index is 12.8. The largest absolute Gasteiger partial charge is 0.606 e. The summed E-state index contributed by atoms with van der Waals surface area (Å²) in [4.78, 5) is 4.29. The van der Waals surface area contributed by atoms with Crippen molar-refractivity contribution in [2.24, 2.45) is 0 Å². The van der Waals surface area contributed by atoms with Gasteiger partial charge in [-0.1, -0.05) is 43.8 Å². The number of benzene rings is 2. The predicted octanol–water partition coefficient (Wildman–Crippen LogP) is 4.44. The molecule has 1 unspecified atom stereocenters. The van der Waals surface area contributed by atoms with Gasteiger partial charge in [-0.3, -0.25) is 0 Å². The second-order valence-electron chi connectivity index (χ2n) is 4.61. The SMILES string of the molecule is CCc1cc(CC)c2c(c1)Sc1ccccc1[S+]2[O-]. The van der Waals surface area contributed by atoms with E-state index >= 15 is 0 Å². The maximum Gasteiger partial charge on any atom is 0.175 e. The van der Waals surface area contributed by atoms with Crippen LogP contribution in [-0.4, -0.2) is 4.55 Å². The Morgan fingerprint density at radius 1 is 1.05 bits per heavy atom. The summed E-state index contributed by atoms with van der Waals surface area (Å²) in [5.74, 6) is 0. The Balaban J connectivity index is 2.19. The molecule has 0 N–H and O–H groups in total. The smallest absolute Gasteiger partial charge is 0.175 e. The first-order chi connectivity index (χ1) is 9.24. The van der Waals surface area contributed by atoms with Crippen molar-refractivity contribution in [3.63, 3.8) is 0 Å². The van der Waals surface area contributed by atoms with E-state index < -0.39 is 11.2 Å². The lowest BCUT2D eigenvalue weighted by Crippen LogP contribution is -2.12. The van der Waals surface area contributed by atoms with Gasteiger partial charge in [0.15, 0.2) is 9.79 Å². The van der Waals surface area contributed by atoms with Crippen LogP contribution < -0.4 is 0 Å². The molecule has 3 rings (SSSR count). The van der Waals surface area contributed by atoms with Gasteiger partial charge in [0, 0.05) is 16.7 Å². The Hall–Kier alpha value is -0.900. The molecule has 0 aliphatic carbocycles. The first kappa shape index (κ1) is 13.1. The quantitative estimate of drug-likeness (QED) is 0.762. The average Bonchev–Trinajstić information content (AvgIpc) is 2.46. The third-order valence-electron chi connectivity index (χ3n) is 3.43. The molecule has 98 valence electrons. The summed E-state index contributed by atoms with van der Waals surface area (Å²) in [7, 11) is 0. The van der Waals surface area contributed by atoms with Crippen LogP contribution >= 0.6 is 11.8 Å². The number of hydrogen-bond acceptors (Lipinski definition) is 2. The molecule has 0 fully saturated rings. The summed E-state index contributed by atoms with van der Waals surface area (Å²) in [6, 6.07) is 12.4. The molecular weight excluding hydrogens is 272 g/mol. The fraction of sp³-hybridized carbons (Fsp3) is 0.250. The fourth-order valence-electron chi connectivity index (χ4n) is 2.39.